The molecule has 0 unspecified atom stereocenters. The second kappa shape index (κ2) is 8.00. The molecule has 1 aliphatic rings. The molecule has 0 aliphatic heterocycles. The van der Waals surface area contributed by atoms with Crippen LogP contribution in [0.4, 0.5) is 0 Å². The van der Waals surface area contributed by atoms with Crippen molar-refractivity contribution >= 4 is 29.0 Å². The number of thiazole rings is 1. The molecule has 20 heavy (non-hydrogen) atoms. The van der Waals surface area contributed by atoms with Crippen molar-refractivity contribution in [2.45, 2.75) is 55.2 Å². The number of nitrogens with one attached hydrogen (secondary N) is 1. The minimum absolute atomic E-state index is 0.0125. The Labute approximate surface area is 128 Å². The zero-order valence-electron chi connectivity index (χ0n) is 12.1. The van der Waals surface area contributed by atoms with Gasteiger partial charge in [0.05, 0.1) is 0 Å². The summed E-state index contributed by atoms with van der Waals surface area (Å²) < 4.78 is 6.29. The highest BCUT2D eigenvalue weighted by atomic mass is 32.2. The maximum absolute atomic E-state index is 11.6. The highest BCUT2D eigenvalue weighted by Gasteiger charge is 2.23. The van der Waals surface area contributed by atoms with Crippen molar-refractivity contribution in [3.63, 3.8) is 0 Å². The summed E-state index contributed by atoms with van der Waals surface area (Å²) in [6.45, 7) is 4.70. The number of amides is 1. The molecule has 0 spiro atoms. The largest absolute Gasteiger partial charge is 0.372 e. The molecule has 6 heteroatoms. The fourth-order valence-corrected chi connectivity index (χ4v) is 4.60. The monoisotopic (exact) mass is 314 g/mol. The zero-order chi connectivity index (χ0) is 14.4. The van der Waals surface area contributed by atoms with Gasteiger partial charge in [0.2, 0.25) is 5.91 Å². The average Bonchev–Trinajstić information content (AvgIpc) is 2.84. The van der Waals surface area contributed by atoms with Gasteiger partial charge in [-0.05, 0) is 39.5 Å². The third-order valence-corrected chi connectivity index (χ3v) is 5.77. The fraction of sp³-hybridized carbons (Fsp3) is 0.714. The number of thioether (sulfide) groups is 1. The van der Waals surface area contributed by atoms with Crippen molar-refractivity contribution < 1.29 is 9.53 Å². The Morgan fingerprint density at radius 1 is 1.50 bits per heavy atom. The predicted octanol–water partition coefficient (Wildman–Crippen LogP) is 3.01. The molecule has 112 valence electrons. The summed E-state index contributed by atoms with van der Waals surface area (Å²) in [6, 6.07) is 0.317. The lowest BCUT2D eigenvalue weighted by molar-refractivity contribution is -0.126. The van der Waals surface area contributed by atoms with Crippen LogP contribution in [-0.4, -0.2) is 35.4 Å². The molecule has 0 bridgehead atoms. The quantitative estimate of drug-likeness (QED) is 0.877. The second-order valence-electron chi connectivity index (χ2n) is 5.05. The standard InChI is InChI=1S/C14H22N2O2S2/c1-3-18-8-13(17)16-11-4-6-12(7-5-11)20-14-15-10(2)9-19-14/h9,11-12H,3-8H2,1-2H3,(H,16,17). The van der Waals surface area contributed by atoms with Crippen LogP contribution in [0, 0.1) is 6.92 Å². The first-order chi connectivity index (χ1) is 9.67. The second-order valence-corrected chi connectivity index (χ2v) is 7.46. The van der Waals surface area contributed by atoms with E-state index in [1.54, 1.807) is 11.3 Å². The number of rotatable bonds is 6. The SMILES string of the molecule is CCOCC(=O)NC1CCC(Sc2nc(C)cs2)CC1. The molecule has 1 saturated carbocycles. The summed E-state index contributed by atoms with van der Waals surface area (Å²) >= 11 is 3.62. The number of hydrogen-bond donors (Lipinski definition) is 1. The molecule has 2 rings (SSSR count). The first-order valence-electron chi connectivity index (χ1n) is 7.13. The van der Waals surface area contributed by atoms with Gasteiger partial charge in [0.25, 0.3) is 0 Å². The molecule has 1 fully saturated rings. The number of carbonyl (C=O) groups excluding carboxylic acids is 1. The van der Waals surface area contributed by atoms with E-state index in [2.05, 4.69) is 15.7 Å². The van der Waals surface area contributed by atoms with Gasteiger partial charge in [-0.1, -0.05) is 11.8 Å². The Bertz CT molecular complexity index is 429. The number of aromatic nitrogens is 1. The summed E-state index contributed by atoms with van der Waals surface area (Å²) in [6.07, 6.45) is 4.39. The van der Waals surface area contributed by atoms with E-state index in [1.807, 2.05) is 25.6 Å². The van der Waals surface area contributed by atoms with E-state index < -0.39 is 0 Å². The molecule has 4 nitrogen and oxygen atoms in total. The molecule has 0 saturated heterocycles. The van der Waals surface area contributed by atoms with Gasteiger partial charge in [-0.2, -0.15) is 0 Å². The lowest BCUT2D eigenvalue weighted by Crippen LogP contribution is -2.39. The van der Waals surface area contributed by atoms with Crippen LogP contribution in [0.1, 0.15) is 38.3 Å². The topological polar surface area (TPSA) is 51.2 Å². The van der Waals surface area contributed by atoms with Crippen LogP contribution in [0.2, 0.25) is 0 Å². The normalized spacial score (nSPS) is 22.7. The third kappa shape index (κ3) is 5.07. The van der Waals surface area contributed by atoms with Crippen LogP contribution >= 0.6 is 23.1 Å². The van der Waals surface area contributed by atoms with E-state index in [0.29, 0.717) is 17.9 Å². The van der Waals surface area contributed by atoms with Crippen molar-refractivity contribution in [1.82, 2.24) is 10.3 Å². The van der Waals surface area contributed by atoms with Crippen molar-refractivity contribution in [1.29, 1.82) is 0 Å². The summed E-state index contributed by atoms with van der Waals surface area (Å²) in [5.41, 5.74) is 1.11. The van der Waals surface area contributed by atoms with E-state index in [-0.39, 0.29) is 12.5 Å². The predicted molar refractivity (Wildman–Crippen MR) is 83.4 cm³/mol. The van der Waals surface area contributed by atoms with Crippen LogP contribution in [0.25, 0.3) is 0 Å². The Hall–Kier alpha value is -0.590. The summed E-state index contributed by atoms with van der Waals surface area (Å²) in [4.78, 5) is 16.1. The summed E-state index contributed by atoms with van der Waals surface area (Å²) in [5.74, 6) is 0.0125. The maximum atomic E-state index is 11.6. The molecule has 1 N–H and O–H groups in total. The van der Waals surface area contributed by atoms with Crippen LogP contribution in [0.3, 0.4) is 0 Å². The molecule has 1 aliphatic carbocycles. The van der Waals surface area contributed by atoms with Crippen LogP contribution < -0.4 is 5.32 Å². The van der Waals surface area contributed by atoms with Gasteiger partial charge in [-0.25, -0.2) is 4.98 Å². The van der Waals surface area contributed by atoms with Gasteiger partial charge in [0.15, 0.2) is 0 Å². The van der Waals surface area contributed by atoms with Crippen molar-refractivity contribution in [2.75, 3.05) is 13.2 Å². The lowest BCUT2D eigenvalue weighted by atomic mass is 9.95. The van der Waals surface area contributed by atoms with Gasteiger partial charge in [0.1, 0.15) is 10.9 Å². The highest BCUT2D eigenvalue weighted by Crippen LogP contribution is 2.35. The Kier molecular flexibility index (Phi) is 6.32. The minimum Gasteiger partial charge on any atom is -0.372 e. The van der Waals surface area contributed by atoms with Gasteiger partial charge >= 0.3 is 0 Å². The van der Waals surface area contributed by atoms with Crippen LogP contribution in [-0.2, 0) is 9.53 Å². The number of hydrogen-bond acceptors (Lipinski definition) is 5. The Morgan fingerprint density at radius 3 is 2.85 bits per heavy atom. The van der Waals surface area contributed by atoms with E-state index in [0.717, 1.165) is 31.4 Å². The van der Waals surface area contributed by atoms with Crippen LogP contribution in [0.5, 0.6) is 0 Å². The molecule has 1 heterocycles. The smallest absolute Gasteiger partial charge is 0.246 e. The maximum Gasteiger partial charge on any atom is 0.246 e. The highest BCUT2D eigenvalue weighted by molar-refractivity contribution is 8.01. The van der Waals surface area contributed by atoms with Crippen molar-refractivity contribution in [3.05, 3.63) is 11.1 Å². The van der Waals surface area contributed by atoms with Gasteiger partial charge < -0.3 is 10.1 Å². The van der Waals surface area contributed by atoms with Gasteiger partial charge in [0, 0.05) is 29.0 Å². The molecule has 0 radical (unpaired) electrons. The van der Waals surface area contributed by atoms with Gasteiger partial charge in [-0.15, -0.1) is 11.3 Å². The number of ether oxygens (including phenoxy) is 1. The van der Waals surface area contributed by atoms with E-state index in [9.17, 15) is 4.79 Å². The molecule has 1 aromatic heterocycles. The van der Waals surface area contributed by atoms with Crippen molar-refractivity contribution in [3.8, 4) is 0 Å². The first-order valence-corrected chi connectivity index (χ1v) is 8.89. The molecule has 1 aromatic rings. The first kappa shape index (κ1) is 15.8. The number of aryl methyl sites for hydroxylation is 1. The molecular formula is C14H22N2O2S2. The lowest BCUT2D eigenvalue weighted by Gasteiger charge is -2.28. The minimum atomic E-state index is 0.0125. The molecule has 0 aromatic carbocycles. The summed E-state index contributed by atoms with van der Waals surface area (Å²) in [7, 11) is 0. The Balaban J connectivity index is 1.68. The van der Waals surface area contributed by atoms with Crippen molar-refractivity contribution in [2.24, 2.45) is 0 Å². The summed E-state index contributed by atoms with van der Waals surface area (Å²) in [5, 5.41) is 5.79. The van der Waals surface area contributed by atoms with Crippen LogP contribution in [0.15, 0.2) is 9.72 Å². The fourth-order valence-electron chi connectivity index (χ4n) is 2.32. The molecular weight excluding hydrogens is 292 g/mol. The average molecular weight is 314 g/mol. The molecule has 1 amide bonds. The Morgan fingerprint density at radius 2 is 2.25 bits per heavy atom. The van der Waals surface area contributed by atoms with E-state index in [4.69, 9.17) is 4.74 Å². The number of nitrogens with zero attached hydrogens (tertiary/aromatic N) is 1. The zero-order valence-corrected chi connectivity index (χ0v) is 13.7. The third-order valence-electron chi connectivity index (χ3n) is 3.34. The van der Waals surface area contributed by atoms with E-state index >= 15 is 0 Å². The molecule has 0 atom stereocenters. The van der Waals surface area contributed by atoms with E-state index in [1.165, 1.54) is 4.34 Å². The van der Waals surface area contributed by atoms with Gasteiger partial charge in [-0.3, -0.25) is 4.79 Å². The number of carbonyl (C=O) groups is 1.